The fraction of sp³-hybridized carbons (Fsp3) is 0.0909. The molecule has 0 aromatic carbocycles. The lowest BCUT2D eigenvalue weighted by Crippen LogP contribution is -1.93. The number of pyridine rings is 2. The van der Waals surface area contributed by atoms with Gasteiger partial charge < -0.3 is 0 Å². The summed E-state index contributed by atoms with van der Waals surface area (Å²) in [5, 5.41) is 0. The minimum atomic E-state index is -0.504. The normalized spacial score (nSPS) is 10.3. The van der Waals surface area contributed by atoms with Gasteiger partial charge in [0.2, 0.25) is 5.95 Å². The van der Waals surface area contributed by atoms with Crippen molar-refractivity contribution in [1.29, 1.82) is 0 Å². The van der Waals surface area contributed by atoms with E-state index in [4.69, 9.17) is 11.6 Å². The second-order valence-corrected chi connectivity index (χ2v) is 3.28. The second kappa shape index (κ2) is 4.36. The standard InChI is InChI=1S/C11H8ClFN2/c12-7-9-1-2-10(13)15-11(9)8-3-5-14-6-4-8/h1-6H,7H2. The van der Waals surface area contributed by atoms with Gasteiger partial charge in [0.25, 0.3) is 0 Å². The van der Waals surface area contributed by atoms with Crippen LogP contribution < -0.4 is 0 Å². The highest BCUT2D eigenvalue weighted by Gasteiger charge is 2.07. The number of alkyl halides is 1. The van der Waals surface area contributed by atoms with Gasteiger partial charge >= 0.3 is 0 Å². The Bertz CT molecular complexity index is 459. The van der Waals surface area contributed by atoms with Crippen LogP contribution >= 0.6 is 11.6 Å². The molecule has 2 nitrogen and oxygen atoms in total. The Kier molecular flexibility index (Phi) is 2.92. The lowest BCUT2D eigenvalue weighted by atomic mass is 10.1. The van der Waals surface area contributed by atoms with Crippen LogP contribution in [0.1, 0.15) is 5.56 Å². The maximum atomic E-state index is 13.0. The van der Waals surface area contributed by atoms with Gasteiger partial charge in [-0.15, -0.1) is 11.6 Å². The Hall–Kier alpha value is -1.48. The molecule has 2 aromatic heterocycles. The molecule has 0 bridgehead atoms. The average Bonchev–Trinajstić information content (AvgIpc) is 2.30. The second-order valence-electron chi connectivity index (χ2n) is 3.01. The van der Waals surface area contributed by atoms with Crippen LogP contribution in [0.25, 0.3) is 11.3 Å². The van der Waals surface area contributed by atoms with Crippen molar-refractivity contribution in [1.82, 2.24) is 9.97 Å². The van der Waals surface area contributed by atoms with E-state index in [-0.39, 0.29) is 0 Å². The summed E-state index contributed by atoms with van der Waals surface area (Å²) in [6.45, 7) is 0. The lowest BCUT2D eigenvalue weighted by molar-refractivity contribution is 0.584. The quantitative estimate of drug-likeness (QED) is 0.577. The molecule has 0 aliphatic rings. The molecule has 0 fully saturated rings. The summed E-state index contributed by atoms with van der Waals surface area (Å²) in [5.74, 6) is -0.194. The van der Waals surface area contributed by atoms with Crippen molar-refractivity contribution in [3.63, 3.8) is 0 Å². The zero-order valence-electron chi connectivity index (χ0n) is 7.82. The van der Waals surface area contributed by atoms with Gasteiger partial charge in [-0.05, 0) is 23.8 Å². The molecule has 0 amide bonds. The molecule has 0 atom stereocenters. The van der Waals surface area contributed by atoms with Crippen molar-refractivity contribution in [2.24, 2.45) is 0 Å². The Morgan fingerprint density at radius 2 is 1.87 bits per heavy atom. The summed E-state index contributed by atoms with van der Waals surface area (Å²) in [6.07, 6.45) is 3.28. The molecule has 0 unspecified atom stereocenters. The number of hydrogen-bond donors (Lipinski definition) is 0. The molecule has 4 heteroatoms. The maximum Gasteiger partial charge on any atom is 0.213 e. The maximum absolute atomic E-state index is 13.0. The van der Waals surface area contributed by atoms with E-state index in [1.54, 1.807) is 30.6 Å². The molecule has 0 N–H and O–H groups in total. The molecule has 76 valence electrons. The van der Waals surface area contributed by atoms with Crippen LogP contribution in [0.3, 0.4) is 0 Å². The summed E-state index contributed by atoms with van der Waals surface area (Å²) >= 11 is 5.76. The topological polar surface area (TPSA) is 25.8 Å². The zero-order valence-corrected chi connectivity index (χ0v) is 8.58. The first-order valence-electron chi connectivity index (χ1n) is 4.43. The molecule has 2 aromatic rings. The van der Waals surface area contributed by atoms with Crippen LogP contribution in [0.4, 0.5) is 4.39 Å². The predicted octanol–water partition coefficient (Wildman–Crippen LogP) is 3.02. The van der Waals surface area contributed by atoms with Gasteiger partial charge in [-0.25, -0.2) is 4.98 Å². The highest BCUT2D eigenvalue weighted by molar-refractivity contribution is 6.17. The molecule has 0 aliphatic heterocycles. The summed E-state index contributed by atoms with van der Waals surface area (Å²) in [4.78, 5) is 7.73. The van der Waals surface area contributed by atoms with E-state index >= 15 is 0 Å². The third-order valence-electron chi connectivity index (χ3n) is 2.04. The number of nitrogens with zero attached hydrogens (tertiary/aromatic N) is 2. The lowest BCUT2D eigenvalue weighted by Gasteiger charge is -2.05. The highest BCUT2D eigenvalue weighted by atomic mass is 35.5. The van der Waals surface area contributed by atoms with E-state index in [0.29, 0.717) is 11.6 Å². The van der Waals surface area contributed by atoms with Crippen LogP contribution in [0.2, 0.25) is 0 Å². The molecule has 2 heterocycles. The van der Waals surface area contributed by atoms with Crippen LogP contribution in [0.15, 0.2) is 36.7 Å². The molecule has 0 radical (unpaired) electrons. The van der Waals surface area contributed by atoms with Gasteiger partial charge in [-0.2, -0.15) is 4.39 Å². The first kappa shape index (κ1) is 10.1. The number of halogens is 2. The SMILES string of the molecule is Fc1ccc(CCl)c(-c2ccncc2)n1. The van der Waals surface area contributed by atoms with Gasteiger partial charge in [0.05, 0.1) is 5.69 Å². The average molecular weight is 223 g/mol. The first-order valence-corrected chi connectivity index (χ1v) is 4.96. The van der Waals surface area contributed by atoms with Crippen molar-refractivity contribution < 1.29 is 4.39 Å². The minimum Gasteiger partial charge on any atom is -0.265 e. The third kappa shape index (κ3) is 2.13. The number of rotatable bonds is 2. The van der Waals surface area contributed by atoms with E-state index in [1.165, 1.54) is 6.07 Å². The molecule has 2 rings (SSSR count). The van der Waals surface area contributed by atoms with Crippen molar-refractivity contribution in [2.75, 3.05) is 0 Å². The Morgan fingerprint density at radius 3 is 2.53 bits per heavy atom. The van der Waals surface area contributed by atoms with E-state index in [2.05, 4.69) is 9.97 Å². The Morgan fingerprint density at radius 1 is 1.13 bits per heavy atom. The van der Waals surface area contributed by atoms with Gasteiger partial charge in [0.1, 0.15) is 0 Å². The number of aromatic nitrogens is 2. The van der Waals surface area contributed by atoms with E-state index in [9.17, 15) is 4.39 Å². The van der Waals surface area contributed by atoms with Crippen LogP contribution in [0, 0.1) is 5.95 Å². The van der Waals surface area contributed by atoms with Crippen LogP contribution in [0.5, 0.6) is 0 Å². The van der Waals surface area contributed by atoms with Crippen molar-refractivity contribution in [3.05, 3.63) is 48.2 Å². The van der Waals surface area contributed by atoms with E-state index in [1.807, 2.05) is 0 Å². The van der Waals surface area contributed by atoms with Crippen molar-refractivity contribution >= 4 is 11.6 Å². The van der Waals surface area contributed by atoms with Gasteiger partial charge in [-0.3, -0.25) is 4.98 Å². The van der Waals surface area contributed by atoms with E-state index in [0.717, 1.165) is 11.1 Å². The summed E-state index contributed by atoms with van der Waals surface area (Å²) in [7, 11) is 0. The van der Waals surface area contributed by atoms with Gasteiger partial charge in [0.15, 0.2) is 0 Å². The van der Waals surface area contributed by atoms with E-state index < -0.39 is 5.95 Å². The fourth-order valence-electron chi connectivity index (χ4n) is 1.33. The fourth-order valence-corrected chi connectivity index (χ4v) is 1.55. The molecular weight excluding hydrogens is 215 g/mol. The van der Waals surface area contributed by atoms with Gasteiger partial charge in [-0.1, -0.05) is 6.07 Å². The highest BCUT2D eigenvalue weighted by Crippen LogP contribution is 2.22. The summed E-state index contributed by atoms with van der Waals surface area (Å²) in [6, 6.07) is 6.50. The smallest absolute Gasteiger partial charge is 0.213 e. The molecule has 0 spiro atoms. The summed E-state index contributed by atoms with van der Waals surface area (Å²) in [5.41, 5.74) is 2.21. The monoisotopic (exact) mass is 222 g/mol. The zero-order chi connectivity index (χ0) is 10.7. The summed E-state index contributed by atoms with van der Waals surface area (Å²) < 4.78 is 13.0. The van der Waals surface area contributed by atoms with Gasteiger partial charge in [0, 0.05) is 23.8 Å². The largest absolute Gasteiger partial charge is 0.265 e. The van der Waals surface area contributed by atoms with Crippen LogP contribution in [-0.4, -0.2) is 9.97 Å². The van der Waals surface area contributed by atoms with Crippen LogP contribution in [-0.2, 0) is 5.88 Å². The molecular formula is C11H8ClFN2. The Balaban J connectivity index is 2.56. The molecule has 15 heavy (non-hydrogen) atoms. The third-order valence-corrected chi connectivity index (χ3v) is 2.33. The first-order chi connectivity index (χ1) is 7.31. The predicted molar refractivity (Wildman–Crippen MR) is 57.0 cm³/mol. The number of hydrogen-bond acceptors (Lipinski definition) is 2. The van der Waals surface area contributed by atoms with Crippen molar-refractivity contribution in [3.8, 4) is 11.3 Å². The molecule has 0 saturated carbocycles. The molecule has 0 saturated heterocycles. The molecule has 0 aliphatic carbocycles. The minimum absolute atomic E-state index is 0.310. The Labute approximate surface area is 91.8 Å². The van der Waals surface area contributed by atoms with Crippen molar-refractivity contribution in [2.45, 2.75) is 5.88 Å².